The molecular weight excluding hydrogens is 254 g/mol. The molecule has 0 spiro atoms. The molecule has 0 aromatic heterocycles. The summed E-state index contributed by atoms with van der Waals surface area (Å²) >= 11 is 1.93. The first kappa shape index (κ1) is 14.9. The molecule has 3 heteroatoms. The second-order valence-corrected chi connectivity index (χ2v) is 7.01. The van der Waals surface area contributed by atoms with E-state index in [4.69, 9.17) is 0 Å². The fourth-order valence-corrected chi connectivity index (χ4v) is 4.16. The van der Waals surface area contributed by atoms with Crippen molar-refractivity contribution in [3.05, 3.63) is 35.4 Å². The van der Waals surface area contributed by atoms with Gasteiger partial charge < -0.3 is 10.4 Å². The van der Waals surface area contributed by atoms with E-state index in [0.717, 1.165) is 13.0 Å². The van der Waals surface area contributed by atoms with Crippen LogP contribution in [0.15, 0.2) is 24.3 Å². The molecule has 0 aliphatic heterocycles. The molecule has 1 aromatic carbocycles. The number of rotatable bonds is 5. The Labute approximate surface area is 121 Å². The molecule has 0 radical (unpaired) electrons. The number of hydrogen-bond acceptors (Lipinski definition) is 3. The standard InChI is InChI=1S/C16H25NOS/c1-4-17-16-14-8-6-5-7-13(14)9-10-15(16)19-12(3)11(2)18/h5-8,11-12,15-18H,4,9-10H2,1-3H3. The molecule has 0 heterocycles. The van der Waals surface area contributed by atoms with Crippen molar-refractivity contribution in [2.75, 3.05) is 6.54 Å². The molecule has 2 N–H and O–H groups in total. The summed E-state index contributed by atoms with van der Waals surface area (Å²) < 4.78 is 0. The number of nitrogens with one attached hydrogen (secondary N) is 1. The van der Waals surface area contributed by atoms with E-state index in [1.54, 1.807) is 0 Å². The van der Waals surface area contributed by atoms with Crippen LogP contribution < -0.4 is 5.32 Å². The van der Waals surface area contributed by atoms with Crippen LogP contribution in [0.25, 0.3) is 0 Å². The first-order chi connectivity index (χ1) is 9.13. The Kier molecular flexibility index (Phi) is 5.31. The Morgan fingerprint density at radius 2 is 2.11 bits per heavy atom. The molecule has 2 rings (SSSR count). The third-order valence-corrected chi connectivity index (χ3v) is 5.63. The fourth-order valence-electron chi connectivity index (χ4n) is 2.73. The van der Waals surface area contributed by atoms with Crippen LogP contribution in [0.1, 0.15) is 44.4 Å². The van der Waals surface area contributed by atoms with Crippen molar-refractivity contribution in [3.8, 4) is 0 Å². The molecule has 106 valence electrons. The Hall–Kier alpha value is -0.510. The quantitative estimate of drug-likeness (QED) is 0.868. The van der Waals surface area contributed by atoms with Gasteiger partial charge in [-0.2, -0.15) is 11.8 Å². The molecule has 0 bridgehead atoms. The van der Waals surface area contributed by atoms with Gasteiger partial charge in [0.2, 0.25) is 0 Å². The second-order valence-electron chi connectivity index (χ2n) is 5.39. The van der Waals surface area contributed by atoms with Crippen LogP contribution in [-0.4, -0.2) is 28.3 Å². The van der Waals surface area contributed by atoms with Crippen molar-refractivity contribution in [1.82, 2.24) is 5.32 Å². The molecular formula is C16H25NOS. The predicted molar refractivity (Wildman–Crippen MR) is 83.7 cm³/mol. The molecule has 1 aliphatic rings. The molecule has 19 heavy (non-hydrogen) atoms. The van der Waals surface area contributed by atoms with Gasteiger partial charge in [-0.1, -0.05) is 38.1 Å². The summed E-state index contributed by atoms with van der Waals surface area (Å²) in [5.41, 5.74) is 2.93. The lowest BCUT2D eigenvalue weighted by Crippen LogP contribution is -2.36. The van der Waals surface area contributed by atoms with Crippen molar-refractivity contribution in [2.24, 2.45) is 0 Å². The highest BCUT2D eigenvalue weighted by Crippen LogP contribution is 2.39. The maximum Gasteiger partial charge on any atom is 0.0628 e. The van der Waals surface area contributed by atoms with Crippen molar-refractivity contribution < 1.29 is 5.11 Å². The van der Waals surface area contributed by atoms with Gasteiger partial charge in [0.15, 0.2) is 0 Å². The zero-order valence-corrected chi connectivity index (χ0v) is 12.9. The van der Waals surface area contributed by atoms with E-state index in [-0.39, 0.29) is 11.4 Å². The highest BCUT2D eigenvalue weighted by Gasteiger charge is 2.30. The largest absolute Gasteiger partial charge is 0.392 e. The maximum absolute atomic E-state index is 9.72. The van der Waals surface area contributed by atoms with E-state index in [1.807, 2.05) is 18.7 Å². The minimum absolute atomic E-state index is 0.246. The number of fused-ring (bicyclic) bond motifs is 1. The molecule has 1 aliphatic carbocycles. The van der Waals surface area contributed by atoms with Gasteiger partial charge in [-0.05, 0) is 37.4 Å². The third kappa shape index (κ3) is 3.53. The minimum Gasteiger partial charge on any atom is -0.392 e. The van der Waals surface area contributed by atoms with Gasteiger partial charge in [0.1, 0.15) is 0 Å². The van der Waals surface area contributed by atoms with Gasteiger partial charge in [-0.25, -0.2) is 0 Å². The fraction of sp³-hybridized carbons (Fsp3) is 0.625. The first-order valence-corrected chi connectivity index (χ1v) is 8.22. The zero-order valence-electron chi connectivity index (χ0n) is 12.1. The second kappa shape index (κ2) is 6.78. The monoisotopic (exact) mass is 279 g/mol. The Bertz CT molecular complexity index is 407. The summed E-state index contributed by atoms with van der Waals surface area (Å²) in [6.45, 7) is 7.16. The van der Waals surface area contributed by atoms with Gasteiger partial charge in [-0.15, -0.1) is 0 Å². The van der Waals surface area contributed by atoms with Crippen LogP contribution in [0.4, 0.5) is 0 Å². The lowest BCUT2D eigenvalue weighted by molar-refractivity contribution is 0.196. The van der Waals surface area contributed by atoms with Crippen molar-refractivity contribution >= 4 is 11.8 Å². The lowest BCUT2D eigenvalue weighted by Gasteiger charge is -2.35. The van der Waals surface area contributed by atoms with E-state index in [9.17, 15) is 5.11 Å². The van der Waals surface area contributed by atoms with E-state index < -0.39 is 0 Å². The van der Waals surface area contributed by atoms with Crippen LogP contribution >= 0.6 is 11.8 Å². The summed E-state index contributed by atoms with van der Waals surface area (Å²) in [4.78, 5) is 0. The average Bonchev–Trinajstić information content (AvgIpc) is 2.41. The molecule has 4 atom stereocenters. The number of aliphatic hydroxyl groups is 1. The average molecular weight is 279 g/mol. The molecule has 0 saturated heterocycles. The van der Waals surface area contributed by atoms with Crippen LogP contribution in [0, 0.1) is 0 Å². The summed E-state index contributed by atoms with van der Waals surface area (Å²) in [6, 6.07) is 9.18. The SMILES string of the molecule is CCNC1c2ccccc2CCC1SC(C)C(C)O. The predicted octanol–water partition coefficient (Wildman–Crippen LogP) is 3.15. The van der Waals surface area contributed by atoms with Crippen molar-refractivity contribution in [1.29, 1.82) is 0 Å². The van der Waals surface area contributed by atoms with Crippen LogP contribution in [0.5, 0.6) is 0 Å². The highest BCUT2D eigenvalue weighted by atomic mass is 32.2. The summed E-state index contributed by atoms with van der Waals surface area (Å²) in [5, 5.41) is 14.2. The highest BCUT2D eigenvalue weighted by molar-refractivity contribution is 8.00. The third-order valence-electron chi connectivity index (χ3n) is 3.95. The van der Waals surface area contributed by atoms with Crippen LogP contribution in [0.3, 0.4) is 0 Å². The number of aliphatic hydroxyl groups excluding tert-OH is 1. The lowest BCUT2D eigenvalue weighted by atomic mass is 9.87. The Morgan fingerprint density at radius 3 is 2.79 bits per heavy atom. The normalized spacial score (nSPS) is 25.7. The Morgan fingerprint density at radius 1 is 1.37 bits per heavy atom. The van der Waals surface area contributed by atoms with E-state index in [1.165, 1.54) is 17.5 Å². The molecule has 0 fully saturated rings. The number of thioether (sulfide) groups is 1. The summed E-state index contributed by atoms with van der Waals surface area (Å²) in [6.07, 6.45) is 2.10. The van der Waals surface area contributed by atoms with Crippen LogP contribution in [0.2, 0.25) is 0 Å². The van der Waals surface area contributed by atoms with E-state index >= 15 is 0 Å². The van der Waals surface area contributed by atoms with Crippen molar-refractivity contribution in [3.63, 3.8) is 0 Å². The van der Waals surface area contributed by atoms with E-state index in [0.29, 0.717) is 11.3 Å². The number of hydrogen-bond donors (Lipinski definition) is 2. The zero-order chi connectivity index (χ0) is 13.8. The molecule has 2 nitrogen and oxygen atoms in total. The van der Waals surface area contributed by atoms with Gasteiger partial charge >= 0.3 is 0 Å². The molecule has 1 aromatic rings. The summed E-state index contributed by atoms with van der Waals surface area (Å²) in [5.74, 6) is 0. The van der Waals surface area contributed by atoms with Gasteiger partial charge in [0, 0.05) is 16.5 Å². The number of aryl methyl sites for hydroxylation is 1. The maximum atomic E-state index is 9.72. The van der Waals surface area contributed by atoms with Gasteiger partial charge in [0.25, 0.3) is 0 Å². The molecule has 0 saturated carbocycles. The van der Waals surface area contributed by atoms with Crippen LogP contribution in [-0.2, 0) is 6.42 Å². The van der Waals surface area contributed by atoms with E-state index in [2.05, 4.69) is 43.4 Å². The van der Waals surface area contributed by atoms with Crippen molar-refractivity contribution in [2.45, 2.75) is 56.3 Å². The molecule has 4 unspecified atom stereocenters. The smallest absolute Gasteiger partial charge is 0.0628 e. The van der Waals surface area contributed by atoms with Gasteiger partial charge in [0.05, 0.1) is 6.10 Å². The topological polar surface area (TPSA) is 32.3 Å². The first-order valence-electron chi connectivity index (χ1n) is 7.28. The Balaban J connectivity index is 2.17. The summed E-state index contributed by atoms with van der Waals surface area (Å²) in [7, 11) is 0. The number of benzene rings is 1. The minimum atomic E-state index is -0.246. The van der Waals surface area contributed by atoms with Gasteiger partial charge in [-0.3, -0.25) is 0 Å². The molecule has 0 amide bonds.